The quantitative estimate of drug-likeness (QED) is 0.820. The van der Waals surface area contributed by atoms with E-state index in [1.165, 1.54) is 6.26 Å². The summed E-state index contributed by atoms with van der Waals surface area (Å²) in [6.07, 6.45) is 3.35. The van der Waals surface area contributed by atoms with Gasteiger partial charge in [0.05, 0.1) is 6.61 Å². The number of nitrogens with zero attached hydrogens (tertiary/aromatic N) is 2. The molecule has 1 aliphatic rings. The normalized spacial score (nSPS) is 18.9. The highest BCUT2D eigenvalue weighted by Crippen LogP contribution is 2.18. The van der Waals surface area contributed by atoms with Gasteiger partial charge in [-0.15, -0.1) is 0 Å². The van der Waals surface area contributed by atoms with Gasteiger partial charge in [-0.3, -0.25) is 4.79 Å². The van der Waals surface area contributed by atoms with Crippen molar-refractivity contribution < 1.29 is 14.3 Å². The summed E-state index contributed by atoms with van der Waals surface area (Å²) < 4.78 is 5.11. The SMILES string of the molecule is CC1CCN(C(=O)c2coc(C(N)CO)n2)CC1. The molecule has 3 N–H and O–H groups in total. The predicted octanol–water partition coefficient (Wildman–Crippen LogP) is 0.539. The predicted molar refractivity (Wildman–Crippen MR) is 64.8 cm³/mol. The van der Waals surface area contributed by atoms with Crippen molar-refractivity contribution in [1.82, 2.24) is 9.88 Å². The molecular weight excluding hydrogens is 234 g/mol. The molecule has 1 amide bonds. The van der Waals surface area contributed by atoms with Crippen LogP contribution in [0.1, 0.15) is 42.2 Å². The Labute approximate surface area is 106 Å². The van der Waals surface area contributed by atoms with Gasteiger partial charge in [-0.25, -0.2) is 4.98 Å². The molecule has 0 aliphatic carbocycles. The number of nitrogens with two attached hydrogens (primary N) is 1. The molecule has 1 aromatic rings. The summed E-state index contributed by atoms with van der Waals surface area (Å²) in [7, 11) is 0. The number of amides is 1. The van der Waals surface area contributed by atoms with Crippen LogP contribution in [0.15, 0.2) is 10.7 Å². The first-order valence-corrected chi connectivity index (χ1v) is 6.23. The van der Waals surface area contributed by atoms with E-state index in [-0.39, 0.29) is 24.1 Å². The zero-order chi connectivity index (χ0) is 13.1. The first-order valence-electron chi connectivity index (χ1n) is 6.23. The first-order chi connectivity index (χ1) is 8.61. The average Bonchev–Trinajstić information content (AvgIpc) is 2.87. The Morgan fingerprint density at radius 2 is 2.33 bits per heavy atom. The first kappa shape index (κ1) is 13.0. The molecule has 1 aromatic heterocycles. The second-order valence-corrected chi connectivity index (χ2v) is 4.83. The molecule has 1 atom stereocenters. The van der Waals surface area contributed by atoms with E-state index in [0.29, 0.717) is 5.92 Å². The van der Waals surface area contributed by atoms with Gasteiger partial charge in [0, 0.05) is 13.1 Å². The van der Waals surface area contributed by atoms with Gasteiger partial charge in [0.1, 0.15) is 12.3 Å². The summed E-state index contributed by atoms with van der Waals surface area (Å²) in [6, 6.07) is -0.673. The van der Waals surface area contributed by atoms with Gasteiger partial charge in [0.15, 0.2) is 5.69 Å². The number of hydrogen-bond donors (Lipinski definition) is 2. The van der Waals surface area contributed by atoms with Crippen molar-refractivity contribution >= 4 is 5.91 Å². The van der Waals surface area contributed by atoms with Crippen LogP contribution >= 0.6 is 0 Å². The van der Waals surface area contributed by atoms with Gasteiger partial charge >= 0.3 is 0 Å². The van der Waals surface area contributed by atoms with Crippen molar-refractivity contribution in [2.45, 2.75) is 25.8 Å². The second-order valence-electron chi connectivity index (χ2n) is 4.83. The fourth-order valence-electron chi connectivity index (χ4n) is 2.01. The topological polar surface area (TPSA) is 92.6 Å². The molecule has 6 heteroatoms. The Bertz CT molecular complexity index is 410. The Hall–Kier alpha value is -1.40. The van der Waals surface area contributed by atoms with Crippen LogP contribution in [-0.2, 0) is 0 Å². The number of aliphatic hydroxyl groups excluding tert-OH is 1. The molecule has 6 nitrogen and oxygen atoms in total. The van der Waals surface area contributed by atoms with Crippen molar-refractivity contribution in [2.24, 2.45) is 11.7 Å². The monoisotopic (exact) mass is 253 g/mol. The minimum Gasteiger partial charge on any atom is -0.446 e. The summed E-state index contributed by atoms with van der Waals surface area (Å²) >= 11 is 0. The largest absolute Gasteiger partial charge is 0.446 e. The van der Waals surface area contributed by atoms with Crippen LogP contribution in [-0.4, -0.2) is 40.6 Å². The van der Waals surface area contributed by atoms with Crippen molar-refractivity contribution in [2.75, 3.05) is 19.7 Å². The minimum atomic E-state index is -0.673. The van der Waals surface area contributed by atoms with E-state index in [2.05, 4.69) is 11.9 Å². The van der Waals surface area contributed by atoms with Crippen molar-refractivity contribution in [3.8, 4) is 0 Å². The van der Waals surface area contributed by atoms with E-state index in [1.54, 1.807) is 4.90 Å². The van der Waals surface area contributed by atoms with E-state index in [4.69, 9.17) is 15.3 Å². The molecule has 0 spiro atoms. The van der Waals surface area contributed by atoms with Crippen LogP contribution in [0.3, 0.4) is 0 Å². The maximum atomic E-state index is 12.1. The van der Waals surface area contributed by atoms with E-state index in [1.807, 2.05) is 0 Å². The fraction of sp³-hybridized carbons (Fsp3) is 0.667. The number of piperidine rings is 1. The van der Waals surface area contributed by atoms with Crippen LogP contribution < -0.4 is 5.73 Å². The standard InChI is InChI=1S/C12H19N3O3/c1-8-2-4-15(5-3-8)12(17)10-7-18-11(14-10)9(13)6-16/h7-9,16H,2-6,13H2,1H3. The summed E-state index contributed by atoms with van der Waals surface area (Å²) in [5.41, 5.74) is 5.84. The molecule has 100 valence electrons. The Kier molecular flexibility index (Phi) is 3.98. The van der Waals surface area contributed by atoms with Crippen molar-refractivity contribution in [3.63, 3.8) is 0 Å². The van der Waals surface area contributed by atoms with Crippen molar-refractivity contribution in [3.05, 3.63) is 17.8 Å². The van der Waals surface area contributed by atoms with Gasteiger partial charge in [-0.05, 0) is 18.8 Å². The second kappa shape index (κ2) is 5.49. The van der Waals surface area contributed by atoms with Gasteiger partial charge in [-0.2, -0.15) is 0 Å². The summed E-state index contributed by atoms with van der Waals surface area (Å²) in [5, 5.41) is 8.89. The third-order valence-electron chi connectivity index (χ3n) is 3.33. The molecule has 1 fully saturated rings. The average molecular weight is 253 g/mol. The van der Waals surface area contributed by atoms with Gasteiger partial charge in [-0.1, -0.05) is 6.92 Å². The van der Waals surface area contributed by atoms with Gasteiger partial charge in [0.25, 0.3) is 5.91 Å². The van der Waals surface area contributed by atoms with Crippen LogP contribution in [0.25, 0.3) is 0 Å². The molecule has 2 heterocycles. The molecule has 0 aromatic carbocycles. The Morgan fingerprint density at radius 1 is 1.67 bits per heavy atom. The van der Waals surface area contributed by atoms with E-state index < -0.39 is 6.04 Å². The lowest BCUT2D eigenvalue weighted by atomic mass is 9.99. The van der Waals surface area contributed by atoms with Crippen LogP contribution in [0.2, 0.25) is 0 Å². The van der Waals surface area contributed by atoms with Crippen LogP contribution in [0.4, 0.5) is 0 Å². The molecule has 2 rings (SSSR count). The number of aromatic nitrogens is 1. The molecule has 1 saturated heterocycles. The zero-order valence-electron chi connectivity index (χ0n) is 10.5. The lowest BCUT2D eigenvalue weighted by Gasteiger charge is -2.29. The molecule has 0 radical (unpaired) electrons. The molecule has 18 heavy (non-hydrogen) atoms. The number of oxazole rings is 1. The number of aliphatic hydroxyl groups is 1. The number of rotatable bonds is 3. The zero-order valence-corrected chi connectivity index (χ0v) is 10.5. The molecule has 1 unspecified atom stereocenters. The van der Waals surface area contributed by atoms with Crippen LogP contribution in [0.5, 0.6) is 0 Å². The van der Waals surface area contributed by atoms with E-state index in [9.17, 15) is 4.79 Å². The third-order valence-corrected chi connectivity index (χ3v) is 3.33. The lowest BCUT2D eigenvalue weighted by molar-refractivity contribution is 0.0691. The van der Waals surface area contributed by atoms with Gasteiger partial charge in [0.2, 0.25) is 5.89 Å². The highest BCUT2D eigenvalue weighted by Gasteiger charge is 2.24. The highest BCUT2D eigenvalue weighted by atomic mass is 16.3. The highest BCUT2D eigenvalue weighted by molar-refractivity contribution is 5.92. The molecule has 1 aliphatic heterocycles. The van der Waals surface area contributed by atoms with E-state index >= 15 is 0 Å². The maximum absolute atomic E-state index is 12.1. The lowest BCUT2D eigenvalue weighted by Crippen LogP contribution is -2.38. The molecular formula is C12H19N3O3. The van der Waals surface area contributed by atoms with Crippen LogP contribution in [0, 0.1) is 5.92 Å². The van der Waals surface area contributed by atoms with E-state index in [0.717, 1.165) is 25.9 Å². The van der Waals surface area contributed by atoms with Gasteiger partial charge < -0.3 is 20.2 Å². The number of carbonyl (C=O) groups excluding carboxylic acids is 1. The summed E-state index contributed by atoms with van der Waals surface area (Å²) in [6.45, 7) is 3.45. The number of likely N-dealkylation sites (tertiary alicyclic amines) is 1. The number of carbonyl (C=O) groups is 1. The fourth-order valence-corrected chi connectivity index (χ4v) is 2.01. The smallest absolute Gasteiger partial charge is 0.275 e. The van der Waals surface area contributed by atoms with Crippen molar-refractivity contribution in [1.29, 1.82) is 0 Å². The Morgan fingerprint density at radius 3 is 2.94 bits per heavy atom. The number of hydrogen-bond acceptors (Lipinski definition) is 5. The third kappa shape index (κ3) is 2.70. The maximum Gasteiger partial charge on any atom is 0.275 e. The summed E-state index contributed by atoms with van der Waals surface area (Å²) in [4.78, 5) is 17.9. The summed E-state index contributed by atoms with van der Waals surface area (Å²) in [5.74, 6) is 0.748. The Balaban J connectivity index is 2.02. The minimum absolute atomic E-state index is 0.123. The molecule has 0 saturated carbocycles. The molecule has 0 bridgehead atoms.